The molecular weight excluding hydrogens is 322 g/mol. The van der Waals surface area contributed by atoms with Crippen molar-refractivity contribution in [1.82, 2.24) is 9.78 Å². The molecular formula is C14H21N3O7. The van der Waals surface area contributed by atoms with Crippen LogP contribution in [0.4, 0.5) is 5.82 Å². The number of anilines is 1. The second kappa shape index (κ2) is 10.3. The van der Waals surface area contributed by atoms with Gasteiger partial charge in [0.1, 0.15) is 31.2 Å². The van der Waals surface area contributed by atoms with Crippen LogP contribution in [-0.4, -0.2) is 68.3 Å². The van der Waals surface area contributed by atoms with Crippen LogP contribution in [0.1, 0.15) is 17.3 Å². The van der Waals surface area contributed by atoms with E-state index < -0.39 is 17.8 Å². The normalized spacial score (nSPS) is 10.3. The molecule has 134 valence electrons. The molecule has 1 rings (SSSR count). The number of amides is 1. The summed E-state index contributed by atoms with van der Waals surface area (Å²) in [6.45, 7) is 1.64. The Hall–Kier alpha value is -2.46. The lowest BCUT2D eigenvalue weighted by Crippen LogP contribution is -2.23. The number of ether oxygens (including phenoxy) is 4. The third kappa shape index (κ3) is 5.97. The quantitative estimate of drug-likeness (QED) is 0.582. The zero-order chi connectivity index (χ0) is 17.9. The third-order valence-corrected chi connectivity index (χ3v) is 2.70. The molecule has 1 amide bonds. The summed E-state index contributed by atoms with van der Waals surface area (Å²) in [4.78, 5) is 34.9. The monoisotopic (exact) mass is 343 g/mol. The van der Waals surface area contributed by atoms with Crippen molar-refractivity contribution in [3.8, 4) is 0 Å². The van der Waals surface area contributed by atoms with E-state index in [1.54, 1.807) is 6.92 Å². The number of nitrogens with one attached hydrogen (secondary N) is 1. The number of rotatable bonds is 10. The SMILES string of the molecule is CCOC(=O)c1cnn(CCOC(=O)COC)c1NC(=O)COC. The Balaban J connectivity index is 2.83. The molecule has 0 spiro atoms. The van der Waals surface area contributed by atoms with Crippen LogP contribution in [0.3, 0.4) is 0 Å². The molecule has 0 aromatic carbocycles. The molecule has 0 saturated carbocycles. The highest BCUT2D eigenvalue weighted by atomic mass is 16.6. The molecule has 10 nitrogen and oxygen atoms in total. The summed E-state index contributed by atoms with van der Waals surface area (Å²) in [5.74, 6) is -1.45. The van der Waals surface area contributed by atoms with E-state index in [1.165, 1.54) is 25.1 Å². The van der Waals surface area contributed by atoms with Crippen molar-refractivity contribution in [1.29, 1.82) is 0 Å². The Morgan fingerprint density at radius 1 is 1.17 bits per heavy atom. The van der Waals surface area contributed by atoms with Gasteiger partial charge < -0.3 is 24.3 Å². The van der Waals surface area contributed by atoms with Gasteiger partial charge in [0.2, 0.25) is 0 Å². The number of carbonyl (C=O) groups is 3. The van der Waals surface area contributed by atoms with E-state index >= 15 is 0 Å². The number of carbonyl (C=O) groups excluding carboxylic acids is 3. The second-order valence-electron chi connectivity index (χ2n) is 4.49. The lowest BCUT2D eigenvalue weighted by atomic mass is 10.3. The molecule has 1 aromatic rings. The van der Waals surface area contributed by atoms with E-state index in [9.17, 15) is 14.4 Å². The summed E-state index contributed by atoms with van der Waals surface area (Å²) in [6.07, 6.45) is 1.28. The molecule has 10 heteroatoms. The van der Waals surface area contributed by atoms with E-state index in [-0.39, 0.29) is 44.4 Å². The topological polar surface area (TPSA) is 118 Å². The minimum atomic E-state index is -0.618. The van der Waals surface area contributed by atoms with Gasteiger partial charge >= 0.3 is 11.9 Å². The Morgan fingerprint density at radius 3 is 2.50 bits per heavy atom. The van der Waals surface area contributed by atoms with E-state index in [0.717, 1.165) is 0 Å². The Labute approximate surface area is 139 Å². The van der Waals surface area contributed by atoms with Crippen molar-refractivity contribution in [3.63, 3.8) is 0 Å². The van der Waals surface area contributed by atoms with Gasteiger partial charge in [0.25, 0.3) is 5.91 Å². The number of methoxy groups -OCH3 is 2. The fourth-order valence-corrected chi connectivity index (χ4v) is 1.75. The van der Waals surface area contributed by atoms with Gasteiger partial charge in [0.05, 0.1) is 19.3 Å². The maximum absolute atomic E-state index is 11.9. The highest BCUT2D eigenvalue weighted by Gasteiger charge is 2.20. The number of hydrogen-bond donors (Lipinski definition) is 1. The molecule has 0 bridgehead atoms. The number of hydrogen-bond acceptors (Lipinski definition) is 8. The summed E-state index contributed by atoms with van der Waals surface area (Å²) >= 11 is 0. The van der Waals surface area contributed by atoms with E-state index in [4.69, 9.17) is 14.2 Å². The lowest BCUT2D eigenvalue weighted by Gasteiger charge is -2.11. The van der Waals surface area contributed by atoms with Gasteiger partial charge in [0.15, 0.2) is 0 Å². The summed E-state index contributed by atoms with van der Waals surface area (Å²) < 4.78 is 20.6. The van der Waals surface area contributed by atoms with Gasteiger partial charge in [-0.15, -0.1) is 0 Å². The minimum Gasteiger partial charge on any atom is -0.462 e. The first-order valence-corrected chi connectivity index (χ1v) is 7.19. The molecule has 1 heterocycles. The van der Waals surface area contributed by atoms with Gasteiger partial charge in [0, 0.05) is 14.2 Å². The summed E-state index contributed by atoms with van der Waals surface area (Å²) in [5, 5.41) is 6.55. The molecule has 0 unspecified atom stereocenters. The van der Waals surface area contributed by atoms with Crippen molar-refractivity contribution in [2.75, 3.05) is 46.0 Å². The van der Waals surface area contributed by atoms with Gasteiger partial charge in [-0.2, -0.15) is 5.10 Å². The van der Waals surface area contributed by atoms with Gasteiger partial charge in [-0.05, 0) is 6.92 Å². The van der Waals surface area contributed by atoms with Crippen LogP contribution >= 0.6 is 0 Å². The standard InChI is InChI=1S/C14H21N3O7/c1-4-23-14(20)10-7-15-17(5-6-24-12(19)9-22-3)13(10)16-11(18)8-21-2/h7H,4-6,8-9H2,1-3H3,(H,16,18). The van der Waals surface area contributed by atoms with Crippen molar-refractivity contribution in [3.05, 3.63) is 11.8 Å². The van der Waals surface area contributed by atoms with Crippen molar-refractivity contribution in [2.24, 2.45) is 0 Å². The number of esters is 2. The zero-order valence-corrected chi connectivity index (χ0v) is 13.9. The Morgan fingerprint density at radius 2 is 1.88 bits per heavy atom. The first kappa shape index (κ1) is 19.6. The Bertz CT molecular complexity index is 571. The molecule has 1 aromatic heterocycles. The maximum Gasteiger partial charge on any atom is 0.343 e. The molecule has 24 heavy (non-hydrogen) atoms. The largest absolute Gasteiger partial charge is 0.462 e. The molecule has 1 N–H and O–H groups in total. The average molecular weight is 343 g/mol. The first-order valence-electron chi connectivity index (χ1n) is 7.19. The zero-order valence-electron chi connectivity index (χ0n) is 13.9. The van der Waals surface area contributed by atoms with E-state index in [0.29, 0.717) is 0 Å². The van der Waals surface area contributed by atoms with Crippen LogP contribution < -0.4 is 5.32 Å². The molecule has 0 aliphatic carbocycles. The van der Waals surface area contributed by atoms with Crippen LogP contribution in [-0.2, 0) is 35.1 Å². The molecule has 0 aliphatic heterocycles. The van der Waals surface area contributed by atoms with Gasteiger partial charge in [-0.25, -0.2) is 14.3 Å². The predicted octanol–water partition coefficient (Wildman–Crippen LogP) is -0.166. The van der Waals surface area contributed by atoms with Crippen LogP contribution in [0.15, 0.2) is 6.20 Å². The minimum absolute atomic E-state index is 0.000707. The van der Waals surface area contributed by atoms with Crippen molar-refractivity contribution < 1.29 is 33.3 Å². The number of nitrogens with zero attached hydrogens (tertiary/aromatic N) is 2. The molecule has 0 aliphatic rings. The van der Waals surface area contributed by atoms with Crippen LogP contribution in [0, 0.1) is 0 Å². The average Bonchev–Trinajstić information content (AvgIpc) is 2.91. The fraction of sp³-hybridized carbons (Fsp3) is 0.571. The molecule has 0 atom stereocenters. The van der Waals surface area contributed by atoms with Gasteiger partial charge in [-0.1, -0.05) is 0 Å². The number of aromatic nitrogens is 2. The highest BCUT2D eigenvalue weighted by Crippen LogP contribution is 2.16. The maximum atomic E-state index is 11.9. The van der Waals surface area contributed by atoms with E-state index in [2.05, 4.69) is 15.2 Å². The fourth-order valence-electron chi connectivity index (χ4n) is 1.75. The summed E-state index contributed by atoms with van der Waals surface area (Å²) in [5.41, 5.74) is 0.101. The van der Waals surface area contributed by atoms with Crippen molar-refractivity contribution in [2.45, 2.75) is 13.5 Å². The van der Waals surface area contributed by atoms with Crippen molar-refractivity contribution >= 4 is 23.7 Å². The highest BCUT2D eigenvalue weighted by molar-refractivity contribution is 6.00. The Kier molecular flexibility index (Phi) is 8.44. The smallest absolute Gasteiger partial charge is 0.343 e. The van der Waals surface area contributed by atoms with E-state index in [1.807, 2.05) is 0 Å². The third-order valence-electron chi connectivity index (χ3n) is 2.70. The first-order chi connectivity index (χ1) is 11.5. The predicted molar refractivity (Wildman–Crippen MR) is 81.5 cm³/mol. The van der Waals surface area contributed by atoms with Crippen LogP contribution in [0.2, 0.25) is 0 Å². The van der Waals surface area contributed by atoms with Gasteiger partial charge in [-0.3, -0.25) is 4.79 Å². The lowest BCUT2D eigenvalue weighted by molar-refractivity contribution is -0.148. The molecule has 0 saturated heterocycles. The molecule has 0 radical (unpaired) electrons. The second-order valence-corrected chi connectivity index (χ2v) is 4.49. The molecule has 0 fully saturated rings. The van der Waals surface area contributed by atoms with Crippen LogP contribution in [0.5, 0.6) is 0 Å². The summed E-state index contributed by atoms with van der Waals surface area (Å²) in [7, 11) is 2.75. The summed E-state index contributed by atoms with van der Waals surface area (Å²) in [6, 6.07) is 0. The van der Waals surface area contributed by atoms with Crippen LogP contribution in [0.25, 0.3) is 0 Å².